The fraction of sp³-hybridized carbons (Fsp3) is 0. The lowest BCUT2D eigenvalue weighted by atomic mass is 9.37. The molecule has 0 unspecified atom stereocenters. The second-order valence-electron chi connectivity index (χ2n) is 6.38. The molecule has 0 saturated carbocycles. The van der Waals surface area contributed by atoms with E-state index in [0.29, 0.717) is 0 Å². The van der Waals surface area contributed by atoms with Crippen molar-refractivity contribution in [1.82, 2.24) is 0 Å². The molecule has 3 aromatic carbocycles. The van der Waals surface area contributed by atoms with Gasteiger partial charge in [-0.05, 0) is 160 Å². The Kier molecular flexibility index (Phi) is 13.3. The molecule has 0 amide bonds. The number of halogens is 15. The van der Waals surface area contributed by atoms with Crippen molar-refractivity contribution >= 4 is 262 Å². The Labute approximate surface area is 322 Å². The zero-order valence-corrected chi connectivity index (χ0v) is 39.0. The minimum atomic E-state index is -0.293. The van der Waals surface area contributed by atoms with Gasteiger partial charge in [-0.3, -0.25) is 0 Å². The summed E-state index contributed by atoms with van der Waals surface area (Å²) in [4.78, 5) is 0. The van der Waals surface area contributed by atoms with Gasteiger partial charge in [0.25, 0.3) is 0 Å². The predicted molar refractivity (Wildman–Crippen MR) is 199 cm³/mol. The zero-order valence-electron chi connectivity index (χ0n) is 15.2. The molecule has 180 valence electrons. The molecule has 0 nitrogen and oxygen atoms in total. The molecule has 0 aliphatic rings. The second-order valence-corrected chi connectivity index (χ2v) is 18.3. The lowest BCUT2D eigenvalue weighted by molar-refractivity contribution is 1.46. The zero-order chi connectivity index (χ0) is 26.0. The van der Waals surface area contributed by atoms with Gasteiger partial charge >= 0.3 is 0 Å². The van der Waals surface area contributed by atoms with Gasteiger partial charge in [0.2, 0.25) is 6.71 Å². The maximum absolute atomic E-state index is 3.86. The lowest BCUT2D eigenvalue weighted by Crippen LogP contribution is -2.55. The monoisotopic (exact) mass is 1410 g/mol. The first kappa shape index (κ1) is 33.4. The highest BCUT2D eigenvalue weighted by Gasteiger charge is 2.38. The quantitative estimate of drug-likeness (QED) is 0.139. The van der Waals surface area contributed by atoms with Gasteiger partial charge in [0.15, 0.2) is 0 Å². The fourth-order valence-electron chi connectivity index (χ4n) is 3.06. The third-order valence-corrected chi connectivity index (χ3v) is 23.1. The third-order valence-electron chi connectivity index (χ3n) is 4.60. The molecule has 3 rings (SSSR count). The van der Waals surface area contributed by atoms with Crippen LogP contribution < -0.4 is 16.4 Å². The topological polar surface area (TPSA) is 0 Å². The van der Waals surface area contributed by atoms with Gasteiger partial charge in [-0.25, -0.2) is 0 Å². The lowest BCUT2D eigenvalue weighted by Gasteiger charge is -2.27. The van der Waals surface area contributed by atoms with Crippen LogP contribution in [0.3, 0.4) is 0 Å². The minimum absolute atomic E-state index is 0.293. The molecule has 34 heavy (non-hydrogen) atoms. The average molecular weight is 1430 g/mol. The van der Waals surface area contributed by atoms with Crippen LogP contribution in [-0.4, -0.2) is 6.71 Å². The Morgan fingerprint density at radius 1 is 0.206 bits per heavy atom. The van der Waals surface area contributed by atoms with Gasteiger partial charge in [-0.1, -0.05) is 95.6 Å². The minimum Gasteiger partial charge on any atom is -0.0501 e. The molecule has 16 heteroatoms. The molecular weight excluding hydrogens is 1430 g/mol. The number of benzene rings is 3. The number of hydrogen-bond acceptors (Lipinski definition) is 0. The fourth-order valence-corrected chi connectivity index (χ4v) is 13.7. The molecule has 0 heterocycles. The largest absolute Gasteiger partial charge is 0.250 e. The van der Waals surface area contributed by atoms with E-state index in [-0.39, 0.29) is 6.71 Å². The van der Waals surface area contributed by atoms with E-state index in [9.17, 15) is 0 Å². The molecule has 0 N–H and O–H groups in total. The normalized spacial score (nSPS) is 11.4. The summed E-state index contributed by atoms with van der Waals surface area (Å²) in [5.41, 5.74) is 2.98. The Bertz CT molecular complexity index is 1110. The summed E-state index contributed by atoms with van der Waals surface area (Å²) >= 11 is 56.6. The SMILES string of the molecule is Brc1c(Br)c(Br)c(B(c2c(Br)c(Br)c(Br)c(Br)c2Br)c2c(Br)c(Br)c(Br)c(Br)c2Br)c(Br)c1Br. The van der Waals surface area contributed by atoms with Gasteiger partial charge in [-0.15, -0.1) is 0 Å². The van der Waals surface area contributed by atoms with Crippen molar-refractivity contribution in [3.05, 3.63) is 67.1 Å². The standard InChI is InChI=1S/C18BBr15/c20-4-1(5(21)11(27)16(32)10(4)26)19(2-6(22)12(28)17(33)13(29)7(2)23)3-8(24)14(30)18(34)15(31)9(3)25. The summed E-state index contributed by atoms with van der Waals surface area (Å²) < 4.78 is 13.3. The maximum Gasteiger partial charge on any atom is 0.250 e. The van der Waals surface area contributed by atoms with E-state index in [2.05, 4.69) is 239 Å². The second kappa shape index (κ2) is 13.5. The van der Waals surface area contributed by atoms with Crippen LogP contribution in [-0.2, 0) is 0 Å². The van der Waals surface area contributed by atoms with Crippen molar-refractivity contribution in [1.29, 1.82) is 0 Å². The summed E-state index contributed by atoms with van der Waals surface area (Å²) in [6.45, 7) is -0.293. The molecular formula is C18BBr15. The van der Waals surface area contributed by atoms with E-state index in [4.69, 9.17) is 0 Å². The highest BCUT2D eigenvalue weighted by atomic mass is 79.9. The van der Waals surface area contributed by atoms with Crippen LogP contribution in [0.2, 0.25) is 0 Å². The van der Waals surface area contributed by atoms with Gasteiger partial charge in [0.05, 0.1) is 0 Å². The number of rotatable bonds is 3. The van der Waals surface area contributed by atoms with E-state index in [0.717, 1.165) is 83.5 Å². The Morgan fingerprint density at radius 3 is 0.471 bits per heavy atom. The summed E-state index contributed by atoms with van der Waals surface area (Å²) in [7, 11) is 0. The Morgan fingerprint density at radius 2 is 0.324 bits per heavy atom. The molecule has 3 aromatic rings. The van der Waals surface area contributed by atoms with Gasteiger partial charge in [0, 0.05) is 67.1 Å². The van der Waals surface area contributed by atoms with E-state index in [1.54, 1.807) is 0 Å². The highest BCUT2D eigenvalue weighted by molar-refractivity contribution is 9.17. The average Bonchev–Trinajstić information content (AvgIpc) is 2.81. The third kappa shape index (κ3) is 6.03. The van der Waals surface area contributed by atoms with Crippen molar-refractivity contribution in [2.45, 2.75) is 0 Å². The Balaban J connectivity index is 2.68. The molecule has 0 bridgehead atoms. The van der Waals surface area contributed by atoms with E-state index in [1.165, 1.54) is 0 Å². The van der Waals surface area contributed by atoms with Crippen molar-refractivity contribution in [2.75, 3.05) is 0 Å². The summed E-state index contributed by atoms with van der Waals surface area (Å²) in [6.07, 6.45) is 0. The van der Waals surface area contributed by atoms with E-state index < -0.39 is 0 Å². The van der Waals surface area contributed by atoms with Crippen molar-refractivity contribution in [3.8, 4) is 0 Å². The smallest absolute Gasteiger partial charge is 0.0501 e. The molecule has 0 aliphatic carbocycles. The molecule has 0 fully saturated rings. The van der Waals surface area contributed by atoms with Crippen LogP contribution >= 0.6 is 239 Å². The highest BCUT2D eigenvalue weighted by Crippen LogP contribution is 2.45. The van der Waals surface area contributed by atoms with Crippen molar-refractivity contribution < 1.29 is 0 Å². The summed E-state index contributed by atoms with van der Waals surface area (Å²) in [6, 6.07) is 0. The van der Waals surface area contributed by atoms with Crippen LogP contribution in [0.15, 0.2) is 67.1 Å². The first-order valence-corrected chi connectivity index (χ1v) is 20.1. The molecule has 0 saturated heterocycles. The summed E-state index contributed by atoms with van der Waals surface area (Å²) in [5.74, 6) is 0. The van der Waals surface area contributed by atoms with Crippen molar-refractivity contribution in [2.24, 2.45) is 0 Å². The summed E-state index contributed by atoms with van der Waals surface area (Å²) in [5, 5.41) is 0. The molecule has 0 radical (unpaired) electrons. The van der Waals surface area contributed by atoms with Gasteiger partial charge in [0.1, 0.15) is 0 Å². The molecule has 0 spiro atoms. The molecule has 0 aromatic heterocycles. The maximum atomic E-state index is 3.86. The van der Waals surface area contributed by atoms with Crippen LogP contribution in [0.25, 0.3) is 0 Å². The van der Waals surface area contributed by atoms with Crippen LogP contribution in [0.5, 0.6) is 0 Å². The predicted octanol–water partition coefficient (Wildman–Crippen LogP) is 13.6. The van der Waals surface area contributed by atoms with Gasteiger partial charge in [-0.2, -0.15) is 0 Å². The molecule has 0 aliphatic heterocycles. The van der Waals surface area contributed by atoms with Gasteiger partial charge < -0.3 is 0 Å². The first-order chi connectivity index (χ1) is 15.7. The van der Waals surface area contributed by atoms with Crippen LogP contribution in [0.4, 0.5) is 0 Å². The first-order valence-electron chi connectivity index (χ1n) is 8.20. The van der Waals surface area contributed by atoms with Crippen LogP contribution in [0, 0.1) is 0 Å². The van der Waals surface area contributed by atoms with E-state index in [1.807, 2.05) is 0 Å². The van der Waals surface area contributed by atoms with Crippen molar-refractivity contribution in [3.63, 3.8) is 0 Å². The Hall–Kier alpha value is 4.92. The van der Waals surface area contributed by atoms with E-state index >= 15 is 0 Å². The van der Waals surface area contributed by atoms with Crippen LogP contribution in [0.1, 0.15) is 0 Å². The number of hydrogen-bond donors (Lipinski definition) is 0. The molecule has 0 atom stereocenters.